The van der Waals surface area contributed by atoms with E-state index in [1.165, 1.54) is 21.2 Å². The van der Waals surface area contributed by atoms with E-state index in [2.05, 4.69) is 42.5 Å². The smallest absolute Gasteiger partial charge is 0.0941 e. The van der Waals surface area contributed by atoms with Gasteiger partial charge in [-0.3, -0.25) is 0 Å². The first-order valence-corrected chi connectivity index (χ1v) is 6.27. The highest BCUT2D eigenvalue weighted by molar-refractivity contribution is 7.22. The summed E-state index contributed by atoms with van der Waals surface area (Å²) < 4.78 is 2.09. The molecule has 3 rings (SSSR count). The van der Waals surface area contributed by atoms with Crippen molar-refractivity contribution in [1.29, 1.82) is 0 Å². The summed E-state index contributed by atoms with van der Waals surface area (Å²) in [5.41, 5.74) is 2.49. The Labute approximate surface area is 103 Å². The summed E-state index contributed by atoms with van der Waals surface area (Å²) in [5, 5.41) is 1.24. The molecule has 0 aliphatic heterocycles. The first-order valence-electron chi connectivity index (χ1n) is 5.08. The maximum atomic E-state index is 6.06. The Morgan fingerprint density at radius 3 is 2.50 bits per heavy atom. The van der Waals surface area contributed by atoms with Crippen molar-refractivity contribution in [1.82, 2.24) is 0 Å². The maximum absolute atomic E-state index is 6.06. The van der Waals surface area contributed by atoms with Gasteiger partial charge in [0, 0.05) is 10.1 Å². The fraction of sp³-hybridized carbons (Fsp3) is 0. The van der Waals surface area contributed by atoms with E-state index in [9.17, 15) is 0 Å². The highest BCUT2D eigenvalue weighted by Crippen LogP contribution is 2.35. The molecule has 3 aromatic rings. The summed E-state index contributed by atoms with van der Waals surface area (Å²) in [7, 11) is 0. The van der Waals surface area contributed by atoms with Crippen LogP contribution in [0.1, 0.15) is 0 Å². The zero-order valence-corrected chi connectivity index (χ0v) is 10.1. The quantitative estimate of drug-likeness (QED) is 0.550. The van der Waals surface area contributed by atoms with Crippen LogP contribution in [0.2, 0.25) is 4.34 Å². The molecule has 16 heavy (non-hydrogen) atoms. The van der Waals surface area contributed by atoms with Crippen LogP contribution in [0.15, 0.2) is 54.6 Å². The monoisotopic (exact) mass is 244 g/mol. The van der Waals surface area contributed by atoms with Gasteiger partial charge in [0.05, 0.1) is 4.34 Å². The average molecular weight is 245 g/mol. The molecule has 2 aromatic carbocycles. The molecule has 1 heterocycles. The highest BCUT2D eigenvalue weighted by Gasteiger charge is 2.05. The maximum Gasteiger partial charge on any atom is 0.0941 e. The number of thiophene rings is 1. The molecule has 0 spiro atoms. The molecule has 0 atom stereocenters. The van der Waals surface area contributed by atoms with Crippen molar-refractivity contribution in [2.45, 2.75) is 0 Å². The molecule has 0 nitrogen and oxygen atoms in total. The van der Waals surface area contributed by atoms with Crippen LogP contribution < -0.4 is 0 Å². The molecule has 0 saturated heterocycles. The van der Waals surface area contributed by atoms with Crippen LogP contribution in [0, 0.1) is 0 Å². The van der Waals surface area contributed by atoms with Crippen molar-refractivity contribution in [2.75, 3.05) is 0 Å². The molecule has 0 unspecified atom stereocenters. The summed E-state index contributed by atoms with van der Waals surface area (Å²) in [6.07, 6.45) is 0. The van der Waals surface area contributed by atoms with Gasteiger partial charge in [-0.05, 0) is 23.3 Å². The number of halogens is 1. The van der Waals surface area contributed by atoms with Crippen molar-refractivity contribution in [2.24, 2.45) is 0 Å². The molecule has 0 radical (unpaired) electrons. The van der Waals surface area contributed by atoms with Crippen LogP contribution in [0.25, 0.3) is 21.2 Å². The molecular formula is C14H9ClS. The zero-order valence-electron chi connectivity index (χ0n) is 8.48. The zero-order chi connectivity index (χ0) is 11.0. The van der Waals surface area contributed by atoms with Crippen LogP contribution in [0.4, 0.5) is 0 Å². The standard InChI is InChI=1S/C14H9ClS/c15-14-9-12-11(7-4-8-13(12)16-14)10-5-2-1-3-6-10/h1-9H. The third kappa shape index (κ3) is 1.62. The molecule has 0 aliphatic carbocycles. The number of hydrogen-bond donors (Lipinski definition) is 0. The molecule has 1 aromatic heterocycles. The molecule has 0 N–H and O–H groups in total. The molecule has 0 saturated carbocycles. The lowest BCUT2D eigenvalue weighted by Gasteiger charge is -2.02. The second-order valence-corrected chi connectivity index (χ2v) is 5.35. The Kier molecular flexibility index (Phi) is 2.43. The van der Waals surface area contributed by atoms with Gasteiger partial charge in [0.2, 0.25) is 0 Å². The molecular weight excluding hydrogens is 236 g/mol. The third-order valence-corrected chi connectivity index (χ3v) is 3.85. The summed E-state index contributed by atoms with van der Waals surface area (Å²) in [4.78, 5) is 0. The van der Waals surface area contributed by atoms with Crippen LogP contribution in [0.3, 0.4) is 0 Å². The van der Waals surface area contributed by atoms with Gasteiger partial charge in [-0.15, -0.1) is 11.3 Å². The van der Waals surface area contributed by atoms with Gasteiger partial charge >= 0.3 is 0 Å². The summed E-state index contributed by atoms with van der Waals surface area (Å²) >= 11 is 7.69. The predicted octanol–water partition coefficient (Wildman–Crippen LogP) is 5.22. The normalized spacial score (nSPS) is 10.8. The van der Waals surface area contributed by atoms with E-state index in [4.69, 9.17) is 11.6 Å². The SMILES string of the molecule is Clc1cc2c(-c3ccccc3)cccc2s1. The molecule has 0 fully saturated rings. The van der Waals surface area contributed by atoms with E-state index in [1.54, 1.807) is 11.3 Å². The molecule has 2 heteroatoms. The molecule has 0 amide bonds. The van der Waals surface area contributed by atoms with Crippen LogP contribution >= 0.6 is 22.9 Å². The van der Waals surface area contributed by atoms with Crippen molar-refractivity contribution in [3.8, 4) is 11.1 Å². The Hall–Kier alpha value is -1.31. The Balaban J connectivity index is 2.31. The van der Waals surface area contributed by atoms with Crippen LogP contribution in [0.5, 0.6) is 0 Å². The average Bonchev–Trinajstić information content (AvgIpc) is 2.70. The second kappa shape index (κ2) is 3.93. The van der Waals surface area contributed by atoms with Crippen molar-refractivity contribution in [3.63, 3.8) is 0 Å². The highest BCUT2D eigenvalue weighted by atomic mass is 35.5. The Morgan fingerprint density at radius 1 is 0.875 bits per heavy atom. The lowest BCUT2D eigenvalue weighted by Crippen LogP contribution is -1.76. The van der Waals surface area contributed by atoms with Gasteiger partial charge < -0.3 is 0 Å². The molecule has 78 valence electrons. The summed E-state index contributed by atoms with van der Waals surface area (Å²) in [5.74, 6) is 0. The van der Waals surface area contributed by atoms with E-state index in [0.29, 0.717) is 0 Å². The predicted molar refractivity (Wildman–Crippen MR) is 72.3 cm³/mol. The summed E-state index contributed by atoms with van der Waals surface area (Å²) in [6, 6.07) is 18.8. The van der Waals surface area contributed by atoms with Gasteiger partial charge in [-0.25, -0.2) is 0 Å². The van der Waals surface area contributed by atoms with Gasteiger partial charge in [0.15, 0.2) is 0 Å². The first-order chi connectivity index (χ1) is 7.84. The van der Waals surface area contributed by atoms with Crippen molar-refractivity contribution >= 4 is 33.0 Å². The van der Waals surface area contributed by atoms with E-state index >= 15 is 0 Å². The second-order valence-electron chi connectivity index (χ2n) is 3.63. The minimum absolute atomic E-state index is 0.846. The molecule has 0 bridgehead atoms. The van der Waals surface area contributed by atoms with E-state index in [0.717, 1.165) is 4.34 Å². The van der Waals surface area contributed by atoms with E-state index in [1.807, 2.05) is 12.1 Å². The van der Waals surface area contributed by atoms with Crippen molar-refractivity contribution in [3.05, 3.63) is 58.9 Å². The first kappa shape index (κ1) is 9.88. The minimum Gasteiger partial charge on any atom is -0.123 e. The van der Waals surface area contributed by atoms with Crippen LogP contribution in [-0.4, -0.2) is 0 Å². The lowest BCUT2D eigenvalue weighted by atomic mass is 10.0. The van der Waals surface area contributed by atoms with E-state index < -0.39 is 0 Å². The fourth-order valence-corrected chi connectivity index (χ4v) is 3.07. The Bertz CT molecular complexity index is 626. The Morgan fingerprint density at radius 2 is 1.69 bits per heavy atom. The topological polar surface area (TPSA) is 0 Å². The molecule has 0 aliphatic rings. The van der Waals surface area contributed by atoms with Crippen LogP contribution in [-0.2, 0) is 0 Å². The number of rotatable bonds is 1. The number of hydrogen-bond acceptors (Lipinski definition) is 1. The van der Waals surface area contributed by atoms with Crippen molar-refractivity contribution < 1.29 is 0 Å². The number of benzene rings is 2. The minimum atomic E-state index is 0.846. The lowest BCUT2D eigenvalue weighted by molar-refractivity contribution is 1.67. The van der Waals surface area contributed by atoms with Gasteiger partial charge in [-0.2, -0.15) is 0 Å². The van der Waals surface area contributed by atoms with Gasteiger partial charge in [0.1, 0.15) is 0 Å². The largest absolute Gasteiger partial charge is 0.123 e. The summed E-state index contributed by atoms with van der Waals surface area (Å²) in [6.45, 7) is 0. The fourth-order valence-electron chi connectivity index (χ4n) is 1.90. The van der Waals surface area contributed by atoms with E-state index in [-0.39, 0.29) is 0 Å². The van der Waals surface area contributed by atoms with Gasteiger partial charge in [0.25, 0.3) is 0 Å². The third-order valence-electron chi connectivity index (χ3n) is 2.62. The van der Waals surface area contributed by atoms with Gasteiger partial charge in [-0.1, -0.05) is 54.1 Å². The number of fused-ring (bicyclic) bond motifs is 1.